The normalized spacial score (nSPS) is 15.8. The number of pyridine rings is 1. The van der Waals surface area contributed by atoms with Crippen LogP contribution in [0.4, 0.5) is 18.9 Å². The first kappa shape index (κ1) is 20.0. The van der Waals surface area contributed by atoms with Crippen molar-refractivity contribution in [1.29, 1.82) is 0 Å². The first-order valence-electron chi connectivity index (χ1n) is 9.22. The third kappa shape index (κ3) is 4.18. The summed E-state index contributed by atoms with van der Waals surface area (Å²) >= 11 is 3.54. The number of benzene rings is 2. The Labute approximate surface area is 174 Å². The molecule has 3 aromatic rings. The van der Waals surface area contributed by atoms with Gasteiger partial charge in [-0.05, 0) is 30.3 Å². The van der Waals surface area contributed by atoms with E-state index in [0.29, 0.717) is 43.9 Å². The lowest BCUT2D eigenvalue weighted by molar-refractivity contribution is -0.137. The van der Waals surface area contributed by atoms with Crippen LogP contribution in [0, 0.1) is 0 Å². The number of phenolic OH excluding ortho intramolecular Hbond substituents is 1. The average Bonchev–Trinajstić information content (AvgIpc) is 2.72. The van der Waals surface area contributed by atoms with Gasteiger partial charge in [0.2, 0.25) is 0 Å². The first-order valence-corrected chi connectivity index (χ1v) is 10.0. The van der Waals surface area contributed by atoms with Gasteiger partial charge in [-0.15, -0.1) is 0 Å². The lowest BCUT2D eigenvalue weighted by Gasteiger charge is -2.36. The Morgan fingerprint density at radius 1 is 1.03 bits per heavy atom. The minimum absolute atomic E-state index is 0.170. The maximum absolute atomic E-state index is 13.0. The van der Waals surface area contributed by atoms with Gasteiger partial charge in [0.15, 0.2) is 0 Å². The Hall–Kier alpha value is -2.32. The summed E-state index contributed by atoms with van der Waals surface area (Å²) < 4.78 is 39.8. The summed E-state index contributed by atoms with van der Waals surface area (Å²) in [4.78, 5) is 8.42. The van der Waals surface area contributed by atoms with Crippen LogP contribution in [0.25, 0.3) is 10.9 Å². The summed E-state index contributed by atoms with van der Waals surface area (Å²) in [5.74, 6) is 0.170. The molecule has 2 heterocycles. The molecular formula is C21H19BrF3N3O. The van der Waals surface area contributed by atoms with Crippen molar-refractivity contribution < 1.29 is 18.3 Å². The van der Waals surface area contributed by atoms with Crippen LogP contribution in [0.15, 0.2) is 53.1 Å². The number of fused-ring (bicyclic) bond motifs is 1. The number of phenols is 1. The number of hydrogen-bond acceptors (Lipinski definition) is 4. The van der Waals surface area contributed by atoms with Gasteiger partial charge in [0, 0.05) is 60.0 Å². The van der Waals surface area contributed by atoms with Gasteiger partial charge in [-0.3, -0.25) is 9.88 Å². The minimum Gasteiger partial charge on any atom is -0.505 e. The Morgan fingerprint density at radius 3 is 2.52 bits per heavy atom. The summed E-state index contributed by atoms with van der Waals surface area (Å²) in [5.41, 5.74) is 1.28. The molecule has 0 radical (unpaired) electrons. The molecule has 0 amide bonds. The van der Waals surface area contributed by atoms with Crippen LogP contribution in [-0.4, -0.2) is 41.2 Å². The molecule has 0 atom stereocenters. The van der Waals surface area contributed by atoms with Crippen molar-refractivity contribution in [3.63, 3.8) is 0 Å². The van der Waals surface area contributed by atoms with Crippen LogP contribution in [0.1, 0.15) is 11.1 Å². The van der Waals surface area contributed by atoms with E-state index in [2.05, 4.69) is 25.8 Å². The van der Waals surface area contributed by atoms with E-state index < -0.39 is 11.7 Å². The van der Waals surface area contributed by atoms with Crippen molar-refractivity contribution in [2.45, 2.75) is 12.7 Å². The van der Waals surface area contributed by atoms with E-state index in [4.69, 9.17) is 0 Å². The van der Waals surface area contributed by atoms with Gasteiger partial charge >= 0.3 is 6.18 Å². The second-order valence-corrected chi connectivity index (χ2v) is 7.93. The fourth-order valence-corrected chi connectivity index (χ4v) is 4.24. The molecule has 1 fully saturated rings. The Morgan fingerprint density at radius 2 is 1.79 bits per heavy atom. The number of rotatable bonds is 3. The SMILES string of the molecule is Oc1c(CN2CCN(c3cccc(C(F)(F)F)c3)CC2)cc(Br)c2cccnc12. The van der Waals surface area contributed by atoms with Gasteiger partial charge in [-0.1, -0.05) is 28.1 Å². The zero-order chi connectivity index (χ0) is 20.6. The van der Waals surface area contributed by atoms with Crippen LogP contribution in [0.3, 0.4) is 0 Å². The number of halogens is 4. The molecule has 1 saturated heterocycles. The zero-order valence-corrected chi connectivity index (χ0v) is 17.0. The summed E-state index contributed by atoms with van der Waals surface area (Å²) in [6.07, 6.45) is -2.70. The summed E-state index contributed by atoms with van der Waals surface area (Å²) in [7, 11) is 0. The topological polar surface area (TPSA) is 39.6 Å². The van der Waals surface area contributed by atoms with E-state index >= 15 is 0 Å². The van der Waals surface area contributed by atoms with E-state index in [1.54, 1.807) is 12.3 Å². The lowest BCUT2D eigenvalue weighted by atomic mass is 10.1. The highest BCUT2D eigenvalue weighted by Crippen LogP contribution is 2.34. The molecule has 4 rings (SSSR count). The molecule has 1 aliphatic heterocycles. The van der Waals surface area contributed by atoms with Crippen molar-refractivity contribution in [2.75, 3.05) is 31.1 Å². The fraction of sp³-hybridized carbons (Fsp3) is 0.286. The highest BCUT2D eigenvalue weighted by atomic mass is 79.9. The van der Waals surface area contributed by atoms with Gasteiger partial charge in [0.05, 0.1) is 5.56 Å². The standard InChI is InChI=1S/C21H19BrF3N3O/c22-18-11-14(20(29)19-17(18)5-2-6-26-19)13-27-7-9-28(10-8-27)16-4-1-3-15(12-16)21(23,24)25/h1-6,11-12,29H,7-10,13H2. The molecular weight excluding hydrogens is 447 g/mol. The van der Waals surface area contributed by atoms with Gasteiger partial charge in [-0.25, -0.2) is 0 Å². The van der Waals surface area contributed by atoms with Crippen LogP contribution >= 0.6 is 15.9 Å². The fourth-order valence-electron chi connectivity index (χ4n) is 3.64. The van der Waals surface area contributed by atoms with Crippen molar-refractivity contribution in [3.8, 4) is 5.75 Å². The Kier molecular flexibility index (Phi) is 5.40. The van der Waals surface area contributed by atoms with Crippen LogP contribution in [0.5, 0.6) is 5.75 Å². The predicted molar refractivity (Wildman–Crippen MR) is 110 cm³/mol. The monoisotopic (exact) mass is 465 g/mol. The molecule has 152 valence electrons. The van der Waals surface area contributed by atoms with Crippen molar-refractivity contribution in [1.82, 2.24) is 9.88 Å². The molecule has 0 unspecified atom stereocenters. The van der Waals surface area contributed by atoms with Crippen LogP contribution in [-0.2, 0) is 12.7 Å². The molecule has 8 heteroatoms. The molecule has 2 aromatic carbocycles. The van der Waals surface area contributed by atoms with Crippen molar-refractivity contribution >= 4 is 32.5 Å². The predicted octanol–water partition coefficient (Wildman–Crippen LogP) is 5.04. The number of hydrogen-bond donors (Lipinski definition) is 1. The minimum atomic E-state index is -4.34. The van der Waals surface area contributed by atoms with Gasteiger partial charge in [-0.2, -0.15) is 13.2 Å². The molecule has 0 saturated carbocycles. The number of aromatic nitrogens is 1. The van der Waals surface area contributed by atoms with Crippen LogP contribution in [0.2, 0.25) is 0 Å². The van der Waals surface area contributed by atoms with E-state index in [1.807, 2.05) is 23.1 Å². The zero-order valence-electron chi connectivity index (χ0n) is 15.5. The van der Waals surface area contributed by atoms with E-state index in [1.165, 1.54) is 12.1 Å². The lowest BCUT2D eigenvalue weighted by Crippen LogP contribution is -2.46. The second kappa shape index (κ2) is 7.84. The summed E-state index contributed by atoms with van der Waals surface area (Å²) in [6, 6.07) is 11.1. The molecule has 4 nitrogen and oxygen atoms in total. The van der Waals surface area contributed by atoms with E-state index in [0.717, 1.165) is 21.5 Å². The number of aromatic hydroxyl groups is 1. The average molecular weight is 466 g/mol. The van der Waals surface area contributed by atoms with Gasteiger partial charge < -0.3 is 10.0 Å². The Bertz CT molecular complexity index is 1030. The quantitative estimate of drug-likeness (QED) is 0.587. The van der Waals surface area contributed by atoms with Gasteiger partial charge in [0.1, 0.15) is 11.3 Å². The van der Waals surface area contributed by atoms with E-state index in [-0.39, 0.29) is 5.75 Å². The largest absolute Gasteiger partial charge is 0.505 e. The smallest absolute Gasteiger partial charge is 0.416 e. The van der Waals surface area contributed by atoms with Crippen molar-refractivity contribution in [2.24, 2.45) is 0 Å². The Balaban J connectivity index is 1.46. The number of alkyl halides is 3. The number of anilines is 1. The molecule has 0 spiro atoms. The molecule has 0 aliphatic carbocycles. The third-order valence-electron chi connectivity index (χ3n) is 5.20. The summed E-state index contributed by atoms with van der Waals surface area (Å²) in [5, 5.41) is 11.5. The summed E-state index contributed by atoms with van der Waals surface area (Å²) in [6.45, 7) is 3.17. The van der Waals surface area contributed by atoms with Crippen molar-refractivity contribution in [3.05, 3.63) is 64.3 Å². The highest BCUT2D eigenvalue weighted by Gasteiger charge is 2.31. The number of nitrogens with zero attached hydrogens (tertiary/aromatic N) is 3. The van der Waals surface area contributed by atoms with Gasteiger partial charge in [0.25, 0.3) is 0 Å². The maximum Gasteiger partial charge on any atom is 0.416 e. The number of piperazine rings is 1. The second-order valence-electron chi connectivity index (χ2n) is 7.08. The first-order chi connectivity index (χ1) is 13.8. The molecule has 29 heavy (non-hydrogen) atoms. The molecule has 1 N–H and O–H groups in total. The maximum atomic E-state index is 13.0. The third-order valence-corrected chi connectivity index (χ3v) is 5.86. The van der Waals surface area contributed by atoms with E-state index in [9.17, 15) is 18.3 Å². The van der Waals surface area contributed by atoms with Crippen LogP contribution < -0.4 is 4.90 Å². The molecule has 0 bridgehead atoms. The highest BCUT2D eigenvalue weighted by molar-refractivity contribution is 9.10. The molecule has 1 aromatic heterocycles. The molecule has 1 aliphatic rings.